The van der Waals surface area contributed by atoms with E-state index in [0.29, 0.717) is 29.4 Å². The van der Waals surface area contributed by atoms with Crippen molar-refractivity contribution < 1.29 is 9.53 Å². The van der Waals surface area contributed by atoms with Gasteiger partial charge in [0.25, 0.3) is 5.91 Å². The molecule has 2 bridgehead atoms. The van der Waals surface area contributed by atoms with Gasteiger partial charge in [-0.25, -0.2) is 0 Å². The third-order valence-corrected chi connectivity index (χ3v) is 5.98. The first-order valence-electron chi connectivity index (χ1n) is 9.49. The van der Waals surface area contributed by atoms with E-state index < -0.39 is 0 Å². The van der Waals surface area contributed by atoms with Gasteiger partial charge in [-0.15, -0.1) is 0 Å². The Hall–Kier alpha value is -1.55. The predicted octanol–water partition coefficient (Wildman–Crippen LogP) is 3.11. The number of fused-ring (bicyclic) bond motifs is 2. The van der Waals surface area contributed by atoms with E-state index in [9.17, 15) is 4.79 Å². The number of nitrogens with one attached hydrogen (secondary N) is 1. The van der Waals surface area contributed by atoms with Gasteiger partial charge in [-0.3, -0.25) is 4.79 Å². The summed E-state index contributed by atoms with van der Waals surface area (Å²) in [4.78, 5) is 12.9. The molecule has 0 radical (unpaired) electrons. The number of hydrogen-bond acceptors (Lipinski definition) is 3. The molecule has 1 aromatic carbocycles. The molecule has 3 saturated carbocycles. The summed E-state index contributed by atoms with van der Waals surface area (Å²) in [5.74, 6) is 2.49. The summed E-state index contributed by atoms with van der Waals surface area (Å²) in [7, 11) is 0. The molecule has 3 N–H and O–H groups in total. The first-order valence-corrected chi connectivity index (χ1v) is 9.49. The van der Waals surface area contributed by atoms with Crippen molar-refractivity contribution in [1.29, 1.82) is 0 Å². The second-order valence-corrected chi connectivity index (χ2v) is 7.93. The zero-order valence-electron chi connectivity index (χ0n) is 14.2. The molecular formula is C20H28N2O2. The minimum absolute atomic E-state index is 0.0127. The van der Waals surface area contributed by atoms with E-state index in [-0.39, 0.29) is 11.9 Å². The quantitative estimate of drug-likeness (QED) is 0.873. The van der Waals surface area contributed by atoms with Crippen LogP contribution in [0.25, 0.3) is 0 Å². The molecule has 4 nitrogen and oxygen atoms in total. The zero-order chi connectivity index (χ0) is 16.5. The fourth-order valence-corrected chi connectivity index (χ4v) is 4.53. The van der Waals surface area contributed by atoms with Crippen molar-refractivity contribution in [2.75, 3.05) is 6.61 Å². The summed E-state index contributed by atoms with van der Waals surface area (Å²) in [5.41, 5.74) is 6.87. The molecule has 3 aliphatic carbocycles. The van der Waals surface area contributed by atoms with Crippen LogP contribution in [0.15, 0.2) is 24.3 Å². The van der Waals surface area contributed by atoms with Crippen LogP contribution in [0.1, 0.15) is 55.3 Å². The normalized spacial score (nSPS) is 32.2. The summed E-state index contributed by atoms with van der Waals surface area (Å²) < 4.78 is 5.90. The lowest BCUT2D eigenvalue weighted by atomic mass is 9.67. The van der Waals surface area contributed by atoms with Crippen LogP contribution in [0, 0.1) is 17.8 Å². The van der Waals surface area contributed by atoms with Gasteiger partial charge in [0.15, 0.2) is 0 Å². The van der Waals surface area contributed by atoms with Crippen LogP contribution in [0.5, 0.6) is 5.75 Å². The lowest BCUT2D eigenvalue weighted by Gasteiger charge is -2.45. The van der Waals surface area contributed by atoms with Crippen LogP contribution in [-0.4, -0.2) is 24.6 Å². The molecule has 1 amide bonds. The monoisotopic (exact) mass is 328 g/mol. The fraction of sp³-hybridized carbons (Fsp3) is 0.650. The van der Waals surface area contributed by atoms with Crippen molar-refractivity contribution in [3.8, 4) is 5.75 Å². The molecule has 130 valence electrons. The molecule has 0 spiro atoms. The summed E-state index contributed by atoms with van der Waals surface area (Å²) >= 11 is 0. The number of para-hydroxylation sites is 1. The standard InChI is InChI=1S/C20H28N2O2/c21-16-10-14-4-3-5-15(11-16)19(14)22-20(23)17-6-1-2-7-18(17)24-12-13-8-9-13/h1-2,6-7,13-16,19H,3-5,8-12,21H2,(H,22,23). The molecule has 2 atom stereocenters. The van der Waals surface area contributed by atoms with Gasteiger partial charge in [0.1, 0.15) is 5.75 Å². The number of hydrogen-bond donors (Lipinski definition) is 2. The van der Waals surface area contributed by atoms with Crippen molar-refractivity contribution in [1.82, 2.24) is 5.32 Å². The van der Waals surface area contributed by atoms with Gasteiger partial charge in [0.2, 0.25) is 0 Å². The highest BCUT2D eigenvalue weighted by molar-refractivity contribution is 5.97. The first-order chi connectivity index (χ1) is 11.7. The lowest BCUT2D eigenvalue weighted by molar-refractivity contribution is 0.0752. The molecule has 4 rings (SSSR count). The molecule has 0 saturated heterocycles. The predicted molar refractivity (Wildman–Crippen MR) is 94.0 cm³/mol. The van der Waals surface area contributed by atoms with E-state index in [2.05, 4.69) is 5.32 Å². The van der Waals surface area contributed by atoms with Gasteiger partial charge in [-0.05, 0) is 68.4 Å². The highest BCUT2D eigenvalue weighted by Gasteiger charge is 2.40. The molecule has 1 aromatic rings. The third kappa shape index (κ3) is 3.44. The average molecular weight is 328 g/mol. The van der Waals surface area contributed by atoms with Crippen LogP contribution in [0.2, 0.25) is 0 Å². The number of ether oxygens (including phenoxy) is 1. The number of carbonyl (C=O) groups is 1. The van der Waals surface area contributed by atoms with Crippen molar-refractivity contribution in [2.45, 2.75) is 57.0 Å². The Balaban J connectivity index is 1.45. The maximum Gasteiger partial charge on any atom is 0.255 e. The Morgan fingerprint density at radius 1 is 1.12 bits per heavy atom. The van der Waals surface area contributed by atoms with Gasteiger partial charge in [0, 0.05) is 12.1 Å². The summed E-state index contributed by atoms with van der Waals surface area (Å²) in [5, 5.41) is 3.33. The third-order valence-electron chi connectivity index (χ3n) is 5.98. The highest BCUT2D eigenvalue weighted by atomic mass is 16.5. The van der Waals surface area contributed by atoms with E-state index in [4.69, 9.17) is 10.5 Å². The molecular weight excluding hydrogens is 300 g/mol. The van der Waals surface area contributed by atoms with Crippen molar-refractivity contribution in [3.63, 3.8) is 0 Å². The zero-order valence-corrected chi connectivity index (χ0v) is 14.2. The van der Waals surface area contributed by atoms with E-state index in [1.54, 1.807) is 0 Å². The molecule has 0 aliphatic heterocycles. The minimum Gasteiger partial charge on any atom is -0.492 e. The van der Waals surface area contributed by atoms with Crippen molar-refractivity contribution >= 4 is 5.91 Å². The number of nitrogens with two attached hydrogens (primary N) is 1. The van der Waals surface area contributed by atoms with Gasteiger partial charge in [0.05, 0.1) is 12.2 Å². The number of benzene rings is 1. The molecule has 4 heteroatoms. The molecule has 3 fully saturated rings. The summed E-state index contributed by atoms with van der Waals surface area (Å²) in [6.07, 6.45) is 8.24. The van der Waals surface area contributed by atoms with E-state index >= 15 is 0 Å². The minimum atomic E-state index is 0.0127. The molecule has 2 unspecified atom stereocenters. The Morgan fingerprint density at radius 3 is 2.54 bits per heavy atom. The second-order valence-electron chi connectivity index (χ2n) is 7.93. The Kier molecular flexibility index (Phi) is 4.49. The van der Waals surface area contributed by atoms with Gasteiger partial charge in [-0.2, -0.15) is 0 Å². The van der Waals surface area contributed by atoms with Crippen LogP contribution >= 0.6 is 0 Å². The number of rotatable bonds is 5. The van der Waals surface area contributed by atoms with Crippen LogP contribution < -0.4 is 15.8 Å². The number of amides is 1. The molecule has 0 aromatic heterocycles. The largest absolute Gasteiger partial charge is 0.492 e. The Labute approximate surface area is 144 Å². The lowest BCUT2D eigenvalue weighted by Crippen LogP contribution is -2.53. The smallest absolute Gasteiger partial charge is 0.255 e. The van der Waals surface area contributed by atoms with Crippen LogP contribution in [-0.2, 0) is 0 Å². The molecule has 3 aliphatic rings. The van der Waals surface area contributed by atoms with Gasteiger partial charge < -0.3 is 15.8 Å². The SMILES string of the molecule is NC1CC2CCCC(C1)C2NC(=O)c1ccccc1OCC1CC1. The van der Waals surface area contributed by atoms with Crippen molar-refractivity contribution in [3.05, 3.63) is 29.8 Å². The van der Waals surface area contributed by atoms with E-state index in [1.807, 2.05) is 24.3 Å². The molecule has 24 heavy (non-hydrogen) atoms. The summed E-state index contributed by atoms with van der Waals surface area (Å²) in [6.45, 7) is 0.730. The highest BCUT2D eigenvalue weighted by Crippen LogP contribution is 2.40. The van der Waals surface area contributed by atoms with Crippen molar-refractivity contribution in [2.24, 2.45) is 23.5 Å². The fourth-order valence-electron chi connectivity index (χ4n) is 4.53. The Morgan fingerprint density at radius 2 is 1.83 bits per heavy atom. The van der Waals surface area contributed by atoms with Gasteiger partial charge in [-0.1, -0.05) is 18.6 Å². The van der Waals surface area contributed by atoms with Crippen LogP contribution in [0.3, 0.4) is 0 Å². The maximum absolute atomic E-state index is 12.9. The van der Waals surface area contributed by atoms with E-state index in [1.165, 1.54) is 32.1 Å². The topological polar surface area (TPSA) is 64.3 Å². The number of carbonyl (C=O) groups excluding carboxylic acids is 1. The first kappa shape index (κ1) is 15.9. The van der Waals surface area contributed by atoms with Gasteiger partial charge >= 0.3 is 0 Å². The van der Waals surface area contributed by atoms with E-state index in [0.717, 1.165) is 25.2 Å². The second kappa shape index (κ2) is 6.75. The van der Waals surface area contributed by atoms with Crippen LogP contribution in [0.4, 0.5) is 0 Å². The Bertz CT molecular complexity index is 585. The average Bonchev–Trinajstić information content (AvgIpc) is 3.38. The summed E-state index contributed by atoms with van der Waals surface area (Å²) in [6, 6.07) is 8.23. The maximum atomic E-state index is 12.9. The molecule has 0 heterocycles.